The van der Waals surface area contributed by atoms with Crippen LogP contribution in [0.1, 0.15) is 36.2 Å². The Morgan fingerprint density at radius 2 is 1.81 bits per heavy atom. The van der Waals surface area contributed by atoms with Crippen LogP contribution in [-0.4, -0.2) is 17.9 Å². The van der Waals surface area contributed by atoms with Gasteiger partial charge in [0.1, 0.15) is 6.04 Å². The van der Waals surface area contributed by atoms with Gasteiger partial charge in [-0.15, -0.1) is 0 Å². The van der Waals surface area contributed by atoms with E-state index in [0.717, 1.165) is 5.56 Å². The summed E-state index contributed by atoms with van der Waals surface area (Å²) in [6.45, 7) is 5.89. The smallest absolute Gasteiger partial charge is 0.260 e. The molecule has 0 fully saturated rings. The Balaban J connectivity index is 2.05. The molecule has 0 heterocycles. The molecule has 144 valence electrons. The number of nitrogens with one attached hydrogen (secondary N) is 3. The molecule has 1 unspecified atom stereocenters. The van der Waals surface area contributed by atoms with Gasteiger partial charge in [-0.05, 0) is 49.6 Å². The molecule has 1 atom stereocenters. The van der Waals surface area contributed by atoms with Gasteiger partial charge in [-0.3, -0.25) is 20.4 Å². The van der Waals surface area contributed by atoms with Gasteiger partial charge in [0.15, 0.2) is 0 Å². The first-order chi connectivity index (χ1) is 12.8. The maximum atomic E-state index is 12.6. The Labute approximate surface area is 169 Å². The van der Waals surface area contributed by atoms with Crippen LogP contribution in [-0.2, 0) is 4.79 Å². The second kappa shape index (κ2) is 9.62. The summed E-state index contributed by atoms with van der Waals surface area (Å²) in [5.41, 5.74) is 7.39. The molecule has 2 aromatic carbocycles. The maximum absolute atomic E-state index is 12.6. The molecule has 0 spiro atoms. The molecule has 0 bridgehead atoms. The third-order valence-corrected chi connectivity index (χ3v) is 4.41. The summed E-state index contributed by atoms with van der Waals surface area (Å²) in [6, 6.07) is 11.4. The van der Waals surface area contributed by atoms with Gasteiger partial charge in [-0.25, -0.2) is 0 Å². The molecule has 0 saturated heterocycles. The molecule has 0 aliphatic rings. The van der Waals surface area contributed by atoms with Crippen LogP contribution in [0.5, 0.6) is 0 Å². The third kappa shape index (κ3) is 6.45. The number of aryl methyl sites for hydroxylation is 1. The number of carbonyl (C=O) groups is 2. The zero-order chi connectivity index (χ0) is 20.0. The Hall–Kier alpha value is -2.24. The van der Waals surface area contributed by atoms with Gasteiger partial charge in [0.2, 0.25) is 0 Å². The zero-order valence-electron chi connectivity index (χ0n) is 15.5. The van der Waals surface area contributed by atoms with Gasteiger partial charge >= 0.3 is 0 Å². The number of hydrogen-bond acceptors (Lipinski definition) is 3. The molecule has 2 rings (SSSR count). The summed E-state index contributed by atoms with van der Waals surface area (Å²) in [5, 5.41) is 3.69. The highest BCUT2D eigenvalue weighted by atomic mass is 35.5. The number of amides is 2. The van der Waals surface area contributed by atoms with Gasteiger partial charge < -0.3 is 5.32 Å². The zero-order valence-corrected chi connectivity index (χ0v) is 17.0. The van der Waals surface area contributed by atoms with Gasteiger partial charge in [0.05, 0.1) is 10.7 Å². The number of hydrogen-bond donors (Lipinski definition) is 3. The highest BCUT2D eigenvalue weighted by molar-refractivity contribution is 6.36. The fourth-order valence-electron chi connectivity index (χ4n) is 2.54. The average Bonchev–Trinajstić information content (AvgIpc) is 2.59. The Morgan fingerprint density at radius 1 is 1.07 bits per heavy atom. The van der Waals surface area contributed by atoms with Crippen molar-refractivity contribution in [3.63, 3.8) is 0 Å². The molecule has 27 heavy (non-hydrogen) atoms. The van der Waals surface area contributed by atoms with Crippen molar-refractivity contribution in [2.45, 2.75) is 33.2 Å². The number of benzene rings is 2. The van der Waals surface area contributed by atoms with Crippen molar-refractivity contribution >= 4 is 40.7 Å². The largest absolute Gasteiger partial charge is 0.340 e. The third-order valence-electron chi connectivity index (χ3n) is 3.86. The highest BCUT2D eigenvalue weighted by Gasteiger charge is 2.22. The van der Waals surface area contributed by atoms with Crippen LogP contribution in [0.4, 0.5) is 5.69 Å². The maximum Gasteiger partial charge on any atom is 0.260 e. The van der Waals surface area contributed by atoms with Crippen LogP contribution in [0.15, 0.2) is 42.5 Å². The van der Waals surface area contributed by atoms with Crippen molar-refractivity contribution in [3.05, 3.63) is 63.6 Å². The lowest BCUT2D eigenvalue weighted by molar-refractivity contribution is -0.122. The predicted octanol–water partition coefficient (Wildman–Crippen LogP) is 4.59. The van der Waals surface area contributed by atoms with E-state index >= 15 is 0 Å². The van der Waals surface area contributed by atoms with Crippen molar-refractivity contribution in [2.75, 3.05) is 5.43 Å². The molecule has 2 aromatic rings. The normalized spacial score (nSPS) is 11.8. The molecule has 0 saturated carbocycles. The minimum atomic E-state index is -0.684. The number of anilines is 1. The molecular formula is C20H23Cl2N3O2. The van der Waals surface area contributed by atoms with Crippen molar-refractivity contribution in [3.8, 4) is 0 Å². The van der Waals surface area contributed by atoms with Crippen LogP contribution >= 0.6 is 23.2 Å². The lowest BCUT2D eigenvalue weighted by atomic mass is 10.0. The van der Waals surface area contributed by atoms with E-state index in [1.807, 2.05) is 32.9 Å². The predicted molar refractivity (Wildman–Crippen MR) is 110 cm³/mol. The van der Waals surface area contributed by atoms with Crippen LogP contribution in [0.2, 0.25) is 10.0 Å². The van der Waals surface area contributed by atoms with Crippen molar-refractivity contribution in [1.29, 1.82) is 0 Å². The number of carbonyl (C=O) groups excluding carboxylic acids is 2. The number of hydrazine groups is 1. The summed E-state index contributed by atoms with van der Waals surface area (Å²) in [4.78, 5) is 25.1. The first kappa shape index (κ1) is 21.1. The van der Waals surface area contributed by atoms with Crippen LogP contribution in [0.3, 0.4) is 0 Å². The minimum absolute atomic E-state index is 0.220. The van der Waals surface area contributed by atoms with E-state index in [4.69, 9.17) is 23.2 Å². The van der Waals surface area contributed by atoms with Crippen LogP contribution in [0, 0.1) is 12.8 Å². The molecule has 0 aliphatic heterocycles. The van der Waals surface area contributed by atoms with Crippen LogP contribution < -0.4 is 16.2 Å². The molecule has 0 radical (unpaired) electrons. The molecule has 0 aliphatic carbocycles. The minimum Gasteiger partial charge on any atom is -0.340 e. The van der Waals surface area contributed by atoms with E-state index in [9.17, 15) is 9.59 Å². The Bertz CT molecular complexity index is 825. The lowest BCUT2D eigenvalue weighted by Crippen LogP contribution is -2.49. The van der Waals surface area contributed by atoms with E-state index in [0.29, 0.717) is 27.7 Å². The Morgan fingerprint density at radius 3 is 2.44 bits per heavy atom. The average molecular weight is 408 g/mol. The van der Waals surface area contributed by atoms with E-state index in [2.05, 4.69) is 16.2 Å². The highest BCUT2D eigenvalue weighted by Crippen LogP contribution is 2.24. The van der Waals surface area contributed by atoms with Crippen LogP contribution in [0.25, 0.3) is 0 Å². The summed E-state index contributed by atoms with van der Waals surface area (Å²) >= 11 is 12.0. The molecule has 5 nitrogen and oxygen atoms in total. The molecule has 3 N–H and O–H groups in total. The second-order valence-electron chi connectivity index (χ2n) is 6.76. The quantitative estimate of drug-likeness (QED) is 0.587. The van der Waals surface area contributed by atoms with E-state index in [1.54, 1.807) is 30.3 Å². The van der Waals surface area contributed by atoms with Gasteiger partial charge in [0.25, 0.3) is 11.8 Å². The fraction of sp³-hybridized carbons (Fsp3) is 0.300. The first-order valence-electron chi connectivity index (χ1n) is 8.64. The Kier molecular flexibility index (Phi) is 7.51. The van der Waals surface area contributed by atoms with E-state index < -0.39 is 6.04 Å². The lowest BCUT2D eigenvalue weighted by Gasteiger charge is -2.21. The molecular weight excluding hydrogens is 385 g/mol. The fourth-order valence-corrected chi connectivity index (χ4v) is 2.99. The van der Waals surface area contributed by atoms with Gasteiger partial charge in [-0.2, -0.15) is 0 Å². The summed E-state index contributed by atoms with van der Waals surface area (Å²) in [5.74, 6) is -0.419. The second-order valence-corrected chi connectivity index (χ2v) is 7.61. The summed E-state index contributed by atoms with van der Waals surface area (Å²) in [7, 11) is 0. The standard InChI is InChI=1S/C20H23Cl2N3O2/c1-12(2)9-18(23-19(26)14-6-4-5-13(3)10-14)20(27)25-24-17-8-7-15(21)11-16(17)22/h4-8,10-12,18,24H,9H2,1-3H3,(H,23,26)(H,25,27). The van der Waals surface area contributed by atoms with Crippen molar-refractivity contribution in [1.82, 2.24) is 10.7 Å². The molecule has 2 amide bonds. The molecule has 7 heteroatoms. The SMILES string of the molecule is Cc1cccc(C(=O)NC(CC(C)C)C(=O)NNc2ccc(Cl)cc2Cl)c1. The first-order valence-corrected chi connectivity index (χ1v) is 9.40. The topological polar surface area (TPSA) is 70.2 Å². The monoisotopic (exact) mass is 407 g/mol. The van der Waals surface area contributed by atoms with E-state index in [1.165, 1.54) is 0 Å². The number of halogens is 2. The summed E-state index contributed by atoms with van der Waals surface area (Å²) < 4.78 is 0. The summed E-state index contributed by atoms with van der Waals surface area (Å²) in [6.07, 6.45) is 0.499. The molecule has 0 aromatic heterocycles. The van der Waals surface area contributed by atoms with Gasteiger partial charge in [-0.1, -0.05) is 54.7 Å². The van der Waals surface area contributed by atoms with Crippen molar-refractivity contribution < 1.29 is 9.59 Å². The number of rotatable bonds is 7. The van der Waals surface area contributed by atoms with Crippen molar-refractivity contribution in [2.24, 2.45) is 5.92 Å². The van der Waals surface area contributed by atoms with E-state index in [-0.39, 0.29) is 17.7 Å². The van der Waals surface area contributed by atoms with Gasteiger partial charge in [0, 0.05) is 10.6 Å².